The molecule has 0 aliphatic rings. The van der Waals surface area contributed by atoms with E-state index in [-0.39, 0.29) is 6.61 Å². The molecule has 16 heavy (non-hydrogen) atoms. The molecular weight excluding hydrogens is 208 g/mol. The number of aromatic nitrogens is 2. The molecule has 1 rings (SSSR count). The van der Waals surface area contributed by atoms with Gasteiger partial charge in [-0.2, -0.15) is 4.98 Å². The van der Waals surface area contributed by atoms with E-state index in [1.165, 1.54) is 0 Å². The van der Waals surface area contributed by atoms with E-state index in [1.807, 2.05) is 11.0 Å². The minimum atomic E-state index is 0.0859. The largest absolute Gasteiger partial charge is 0.395 e. The number of aliphatic hydroxyl groups is 1. The highest BCUT2D eigenvalue weighted by atomic mass is 16.5. The second-order valence-corrected chi connectivity index (χ2v) is 3.19. The molecule has 0 saturated carbocycles. The van der Waals surface area contributed by atoms with Gasteiger partial charge in [-0.3, -0.25) is 0 Å². The predicted molar refractivity (Wildman–Crippen MR) is 62.8 cm³/mol. The molecule has 90 valence electrons. The maximum Gasteiger partial charge on any atom is 0.224 e. The molecule has 0 unspecified atom stereocenters. The number of anilines is 2. The van der Waals surface area contributed by atoms with Gasteiger partial charge in [0.05, 0.1) is 13.2 Å². The maximum absolute atomic E-state index is 8.98. The van der Waals surface area contributed by atoms with Crippen molar-refractivity contribution in [3.63, 3.8) is 0 Å². The number of nitrogens with one attached hydrogen (secondary N) is 1. The Hall–Kier alpha value is -1.40. The number of methoxy groups -OCH3 is 1. The lowest BCUT2D eigenvalue weighted by molar-refractivity contribution is 0.202. The van der Waals surface area contributed by atoms with Gasteiger partial charge in [-0.15, -0.1) is 0 Å². The first-order chi connectivity index (χ1) is 7.81. The monoisotopic (exact) mass is 226 g/mol. The summed E-state index contributed by atoms with van der Waals surface area (Å²) in [7, 11) is 3.42. The van der Waals surface area contributed by atoms with Crippen LogP contribution >= 0.6 is 0 Å². The Kier molecular flexibility index (Phi) is 5.52. The standard InChI is InChI=1S/C10H18N4O2/c1-11-10-12-4-3-9(13-10)14(5-7-15)6-8-16-2/h3-4,15H,5-8H2,1-2H3,(H,11,12,13). The summed E-state index contributed by atoms with van der Waals surface area (Å²) in [4.78, 5) is 10.3. The van der Waals surface area contributed by atoms with Crippen LogP contribution in [0, 0.1) is 0 Å². The molecule has 1 aromatic heterocycles. The fraction of sp³-hybridized carbons (Fsp3) is 0.600. The lowest BCUT2D eigenvalue weighted by Gasteiger charge is -2.22. The van der Waals surface area contributed by atoms with Crippen molar-refractivity contribution >= 4 is 11.8 Å². The Morgan fingerprint density at radius 1 is 1.50 bits per heavy atom. The molecule has 6 nitrogen and oxygen atoms in total. The smallest absolute Gasteiger partial charge is 0.224 e. The van der Waals surface area contributed by atoms with Crippen molar-refractivity contribution in [2.45, 2.75) is 0 Å². The summed E-state index contributed by atoms with van der Waals surface area (Å²) in [5.41, 5.74) is 0. The van der Waals surface area contributed by atoms with Gasteiger partial charge in [0, 0.05) is 33.4 Å². The van der Waals surface area contributed by atoms with Gasteiger partial charge in [0.2, 0.25) is 5.95 Å². The Bertz CT molecular complexity index is 309. The number of nitrogens with zero attached hydrogens (tertiary/aromatic N) is 3. The van der Waals surface area contributed by atoms with E-state index in [1.54, 1.807) is 20.4 Å². The van der Waals surface area contributed by atoms with Crippen molar-refractivity contribution < 1.29 is 9.84 Å². The lowest BCUT2D eigenvalue weighted by atomic mass is 10.4. The summed E-state index contributed by atoms with van der Waals surface area (Å²) < 4.78 is 5.01. The van der Waals surface area contributed by atoms with Crippen molar-refractivity contribution in [3.05, 3.63) is 12.3 Å². The summed E-state index contributed by atoms with van der Waals surface area (Å²) in [5, 5.41) is 11.9. The molecule has 0 atom stereocenters. The van der Waals surface area contributed by atoms with Gasteiger partial charge in [-0.05, 0) is 6.07 Å². The van der Waals surface area contributed by atoms with Gasteiger partial charge in [-0.25, -0.2) is 4.98 Å². The molecule has 0 spiro atoms. The van der Waals surface area contributed by atoms with Gasteiger partial charge in [0.25, 0.3) is 0 Å². The van der Waals surface area contributed by atoms with Gasteiger partial charge in [0.15, 0.2) is 0 Å². The fourth-order valence-electron chi connectivity index (χ4n) is 1.31. The summed E-state index contributed by atoms with van der Waals surface area (Å²) >= 11 is 0. The van der Waals surface area contributed by atoms with E-state index >= 15 is 0 Å². The van der Waals surface area contributed by atoms with Crippen LogP contribution in [0.2, 0.25) is 0 Å². The summed E-state index contributed by atoms with van der Waals surface area (Å²) in [5.74, 6) is 1.35. The van der Waals surface area contributed by atoms with Crippen LogP contribution < -0.4 is 10.2 Å². The predicted octanol–water partition coefficient (Wildman–Crippen LogP) is -0.0366. The third kappa shape index (κ3) is 3.63. The molecule has 0 aliphatic carbocycles. The van der Waals surface area contributed by atoms with E-state index in [0.29, 0.717) is 25.6 Å². The first kappa shape index (κ1) is 12.7. The highest BCUT2D eigenvalue weighted by Gasteiger charge is 2.07. The third-order valence-corrected chi connectivity index (χ3v) is 2.12. The average molecular weight is 226 g/mol. The molecular formula is C10H18N4O2. The molecule has 0 fully saturated rings. The number of hydrogen-bond donors (Lipinski definition) is 2. The van der Waals surface area contributed by atoms with Gasteiger partial charge >= 0.3 is 0 Å². The molecule has 0 amide bonds. The topological polar surface area (TPSA) is 70.5 Å². The van der Waals surface area contributed by atoms with Crippen molar-refractivity contribution in [2.75, 3.05) is 50.7 Å². The first-order valence-corrected chi connectivity index (χ1v) is 5.17. The highest BCUT2D eigenvalue weighted by molar-refractivity contribution is 5.42. The van der Waals surface area contributed by atoms with Crippen LogP contribution in [0.1, 0.15) is 0 Å². The normalized spacial score (nSPS) is 10.2. The zero-order valence-corrected chi connectivity index (χ0v) is 9.68. The molecule has 0 bridgehead atoms. The third-order valence-electron chi connectivity index (χ3n) is 2.12. The number of rotatable bonds is 7. The van der Waals surface area contributed by atoms with Crippen molar-refractivity contribution in [3.8, 4) is 0 Å². The van der Waals surface area contributed by atoms with Crippen molar-refractivity contribution in [2.24, 2.45) is 0 Å². The Balaban J connectivity index is 2.73. The summed E-state index contributed by atoms with van der Waals surface area (Å²) in [6.45, 7) is 1.91. The van der Waals surface area contributed by atoms with Gasteiger partial charge in [-0.1, -0.05) is 0 Å². The minimum Gasteiger partial charge on any atom is -0.395 e. The van der Waals surface area contributed by atoms with Gasteiger partial charge < -0.3 is 20.1 Å². The van der Waals surface area contributed by atoms with Crippen LogP contribution in [0.5, 0.6) is 0 Å². The van der Waals surface area contributed by atoms with E-state index in [0.717, 1.165) is 5.82 Å². The van der Waals surface area contributed by atoms with E-state index < -0.39 is 0 Å². The molecule has 0 radical (unpaired) electrons. The fourth-order valence-corrected chi connectivity index (χ4v) is 1.31. The summed E-state index contributed by atoms with van der Waals surface area (Å²) in [6, 6.07) is 1.81. The van der Waals surface area contributed by atoms with Crippen molar-refractivity contribution in [1.29, 1.82) is 0 Å². The Morgan fingerprint density at radius 3 is 2.94 bits per heavy atom. The molecule has 6 heteroatoms. The summed E-state index contributed by atoms with van der Waals surface area (Å²) in [6.07, 6.45) is 1.69. The number of ether oxygens (including phenoxy) is 1. The SMILES string of the molecule is CNc1nccc(N(CCO)CCOC)n1. The minimum absolute atomic E-state index is 0.0859. The number of aliphatic hydroxyl groups excluding tert-OH is 1. The zero-order chi connectivity index (χ0) is 11.8. The molecule has 0 saturated heterocycles. The lowest BCUT2D eigenvalue weighted by Crippen LogP contribution is -2.31. The molecule has 0 aliphatic heterocycles. The van der Waals surface area contributed by atoms with Crippen LogP contribution in [-0.2, 0) is 4.74 Å². The van der Waals surface area contributed by atoms with E-state index in [4.69, 9.17) is 9.84 Å². The van der Waals surface area contributed by atoms with Crippen LogP contribution in [0.4, 0.5) is 11.8 Å². The average Bonchev–Trinajstić information content (AvgIpc) is 2.34. The van der Waals surface area contributed by atoms with Crippen LogP contribution in [0.25, 0.3) is 0 Å². The molecule has 1 aromatic rings. The van der Waals surface area contributed by atoms with Crippen LogP contribution in [-0.4, -0.2) is 55.5 Å². The van der Waals surface area contributed by atoms with Crippen molar-refractivity contribution in [1.82, 2.24) is 9.97 Å². The van der Waals surface area contributed by atoms with E-state index in [9.17, 15) is 0 Å². The van der Waals surface area contributed by atoms with E-state index in [2.05, 4.69) is 15.3 Å². The molecule has 0 aromatic carbocycles. The first-order valence-electron chi connectivity index (χ1n) is 5.17. The van der Waals surface area contributed by atoms with Gasteiger partial charge in [0.1, 0.15) is 5.82 Å². The number of hydrogen-bond acceptors (Lipinski definition) is 6. The molecule has 2 N–H and O–H groups in total. The van der Waals surface area contributed by atoms with Crippen LogP contribution in [0.15, 0.2) is 12.3 Å². The van der Waals surface area contributed by atoms with Crippen LogP contribution in [0.3, 0.4) is 0 Å². The second-order valence-electron chi connectivity index (χ2n) is 3.19. The highest BCUT2D eigenvalue weighted by Crippen LogP contribution is 2.11. The Labute approximate surface area is 95.3 Å². The second kappa shape index (κ2) is 6.97. The Morgan fingerprint density at radius 2 is 2.31 bits per heavy atom. The maximum atomic E-state index is 8.98. The zero-order valence-electron chi connectivity index (χ0n) is 9.68. The molecule has 1 heterocycles. The quantitative estimate of drug-likeness (QED) is 0.680.